The molecule has 2 amide bonds. The summed E-state index contributed by atoms with van der Waals surface area (Å²) in [6.45, 7) is 0. The van der Waals surface area contributed by atoms with Crippen LogP contribution in [-0.4, -0.2) is 6.03 Å². The summed E-state index contributed by atoms with van der Waals surface area (Å²) in [6, 6.07) is 9.76. The van der Waals surface area contributed by atoms with Crippen molar-refractivity contribution in [1.82, 2.24) is 0 Å². The first kappa shape index (κ1) is 13.6. The minimum absolute atomic E-state index is 0.321. The number of hydrogen-bond acceptors (Lipinski definition) is 1. The lowest BCUT2D eigenvalue weighted by molar-refractivity contribution is 0.262. The Balaban J connectivity index is 2.05. The van der Waals surface area contributed by atoms with E-state index >= 15 is 0 Å². The smallest absolute Gasteiger partial charge is 0.308 e. The molecule has 3 nitrogen and oxygen atoms in total. The molecule has 2 rings (SSSR count). The lowest BCUT2D eigenvalue weighted by Crippen LogP contribution is -2.19. The fourth-order valence-electron chi connectivity index (χ4n) is 1.44. The number of hydrogen-bond donors (Lipinski definition) is 2. The van der Waals surface area contributed by atoms with Gasteiger partial charge in [-0.2, -0.15) is 0 Å². The SMILES string of the molecule is O=C(Nc1cccc(F)c1)Nc1ccc(Cl)cc1Cl. The van der Waals surface area contributed by atoms with Crippen molar-refractivity contribution in [3.05, 3.63) is 58.3 Å². The number of anilines is 2. The summed E-state index contributed by atoms with van der Waals surface area (Å²) in [5.41, 5.74) is 0.766. The van der Waals surface area contributed by atoms with Crippen LogP contribution in [0.25, 0.3) is 0 Å². The molecule has 0 unspecified atom stereocenters. The number of urea groups is 1. The molecule has 0 fully saturated rings. The van der Waals surface area contributed by atoms with Crippen molar-refractivity contribution < 1.29 is 9.18 Å². The zero-order valence-electron chi connectivity index (χ0n) is 9.58. The molecule has 2 N–H and O–H groups in total. The van der Waals surface area contributed by atoms with E-state index in [1.54, 1.807) is 18.2 Å². The van der Waals surface area contributed by atoms with Crippen LogP contribution in [-0.2, 0) is 0 Å². The molecule has 0 aliphatic carbocycles. The van der Waals surface area contributed by atoms with Crippen molar-refractivity contribution in [2.45, 2.75) is 0 Å². The highest BCUT2D eigenvalue weighted by molar-refractivity contribution is 6.36. The van der Waals surface area contributed by atoms with Crippen LogP contribution < -0.4 is 10.6 Å². The van der Waals surface area contributed by atoms with E-state index in [2.05, 4.69) is 10.6 Å². The first-order chi connectivity index (χ1) is 9.04. The zero-order chi connectivity index (χ0) is 13.8. The number of nitrogens with one attached hydrogen (secondary N) is 2. The van der Waals surface area contributed by atoms with Gasteiger partial charge in [-0.1, -0.05) is 29.3 Å². The van der Waals surface area contributed by atoms with E-state index in [1.165, 1.54) is 24.3 Å². The third-order valence-corrected chi connectivity index (χ3v) is 2.81. The van der Waals surface area contributed by atoms with Gasteiger partial charge in [0.05, 0.1) is 10.7 Å². The maximum Gasteiger partial charge on any atom is 0.323 e. The molecule has 2 aromatic rings. The van der Waals surface area contributed by atoms with Crippen LogP contribution in [0.4, 0.5) is 20.6 Å². The molecule has 2 aromatic carbocycles. The number of carbonyl (C=O) groups excluding carboxylic acids is 1. The molecule has 0 bridgehead atoms. The van der Waals surface area contributed by atoms with Gasteiger partial charge in [0.25, 0.3) is 0 Å². The van der Waals surface area contributed by atoms with E-state index in [0.29, 0.717) is 21.4 Å². The predicted molar refractivity (Wildman–Crippen MR) is 75.5 cm³/mol. The average molecular weight is 299 g/mol. The third kappa shape index (κ3) is 3.84. The highest BCUT2D eigenvalue weighted by Gasteiger charge is 2.06. The van der Waals surface area contributed by atoms with Gasteiger partial charge in [0.15, 0.2) is 0 Å². The summed E-state index contributed by atoms with van der Waals surface area (Å²) < 4.78 is 12.9. The molecule has 0 radical (unpaired) electrons. The Morgan fingerprint density at radius 2 is 1.84 bits per heavy atom. The number of amides is 2. The van der Waals surface area contributed by atoms with Crippen molar-refractivity contribution in [3.8, 4) is 0 Å². The Hall–Kier alpha value is -1.78. The lowest BCUT2D eigenvalue weighted by Gasteiger charge is -2.09. The molecule has 0 spiro atoms. The molecule has 0 aliphatic rings. The van der Waals surface area contributed by atoms with Crippen molar-refractivity contribution in [3.63, 3.8) is 0 Å². The van der Waals surface area contributed by atoms with Crippen LogP contribution in [0.3, 0.4) is 0 Å². The fraction of sp³-hybridized carbons (Fsp3) is 0. The molecule has 6 heteroatoms. The zero-order valence-corrected chi connectivity index (χ0v) is 11.1. The minimum Gasteiger partial charge on any atom is -0.308 e. The number of rotatable bonds is 2. The summed E-state index contributed by atoms with van der Waals surface area (Å²) in [7, 11) is 0. The van der Waals surface area contributed by atoms with E-state index < -0.39 is 11.8 Å². The number of carbonyl (C=O) groups is 1. The van der Waals surface area contributed by atoms with Crippen molar-refractivity contribution in [2.24, 2.45) is 0 Å². The average Bonchev–Trinajstić information content (AvgIpc) is 2.33. The van der Waals surface area contributed by atoms with Gasteiger partial charge in [-0.15, -0.1) is 0 Å². The fourth-order valence-corrected chi connectivity index (χ4v) is 1.90. The molecule has 0 aliphatic heterocycles. The first-order valence-corrected chi connectivity index (χ1v) is 6.09. The Morgan fingerprint density at radius 3 is 2.53 bits per heavy atom. The lowest BCUT2D eigenvalue weighted by atomic mass is 10.3. The van der Waals surface area contributed by atoms with Crippen molar-refractivity contribution in [2.75, 3.05) is 10.6 Å². The Labute approximate surface area is 119 Å². The van der Waals surface area contributed by atoms with Crippen LogP contribution in [0, 0.1) is 5.82 Å². The van der Waals surface area contributed by atoms with E-state index in [4.69, 9.17) is 23.2 Å². The van der Waals surface area contributed by atoms with Crippen LogP contribution in [0.5, 0.6) is 0 Å². The van der Waals surface area contributed by atoms with Gasteiger partial charge in [-0.05, 0) is 36.4 Å². The molecule has 0 heterocycles. The second-order valence-corrected chi connectivity index (χ2v) is 4.56. The normalized spacial score (nSPS) is 10.1. The Kier molecular flexibility index (Phi) is 4.24. The Bertz CT molecular complexity index is 619. The van der Waals surface area contributed by atoms with E-state index in [0.717, 1.165) is 0 Å². The van der Waals surface area contributed by atoms with Gasteiger partial charge < -0.3 is 10.6 Å². The predicted octanol–water partition coefficient (Wildman–Crippen LogP) is 4.78. The summed E-state index contributed by atoms with van der Waals surface area (Å²) in [4.78, 5) is 11.7. The molecule has 0 aromatic heterocycles. The van der Waals surface area contributed by atoms with Gasteiger partial charge in [-0.25, -0.2) is 9.18 Å². The van der Waals surface area contributed by atoms with Crippen molar-refractivity contribution in [1.29, 1.82) is 0 Å². The highest BCUT2D eigenvalue weighted by atomic mass is 35.5. The van der Waals surface area contributed by atoms with Crippen LogP contribution in [0.2, 0.25) is 10.0 Å². The maximum atomic E-state index is 12.9. The molecule has 98 valence electrons. The summed E-state index contributed by atoms with van der Waals surface area (Å²) in [5, 5.41) is 5.83. The van der Waals surface area contributed by atoms with Gasteiger partial charge >= 0.3 is 6.03 Å². The topological polar surface area (TPSA) is 41.1 Å². The van der Waals surface area contributed by atoms with Crippen LogP contribution in [0.1, 0.15) is 0 Å². The minimum atomic E-state index is -0.519. The molecule has 19 heavy (non-hydrogen) atoms. The van der Waals surface area contributed by atoms with Crippen LogP contribution in [0.15, 0.2) is 42.5 Å². The van der Waals surface area contributed by atoms with Gasteiger partial charge in [0, 0.05) is 10.7 Å². The molecule has 0 saturated heterocycles. The number of halogens is 3. The molecular formula is C13H9Cl2FN2O. The number of benzene rings is 2. The largest absolute Gasteiger partial charge is 0.323 e. The first-order valence-electron chi connectivity index (χ1n) is 5.33. The van der Waals surface area contributed by atoms with E-state index in [-0.39, 0.29) is 0 Å². The summed E-state index contributed by atoms with van der Waals surface area (Å²) >= 11 is 11.7. The molecule has 0 saturated carbocycles. The van der Waals surface area contributed by atoms with Gasteiger partial charge in [0.1, 0.15) is 5.82 Å². The van der Waals surface area contributed by atoms with Crippen molar-refractivity contribution >= 4 is 40.6 Å². The summed E-state index contributed by atoms with van der Waals surface area (Å²) in [5.74, 6) is -0.428. The molecule has 0 atom stereocenters. The standard InChI is InChI=1S/C13H9Cl2FN2O/c14-8-4-5-12(11(15)6-8)18-13(19)17-10-3-1-2-9(16)7-10/h1-7H,(H2,17,18,19). The van der Waals surface area contributed by atoms with E-state index in [1.807, 2.05) is 0 Å². The highest BCUT2D eigenvalue weighted by Crippen LogP contribution is 2.25. The Morgan fingerprint density at radius 1 is 1.05 bits per heavy atom. The molecular weight excluding hydrogens is 290 g/mol. The summed E-state index contributed by atoms with van der Waals surface area (Å²) in [6.07, 6.45) is 0. The van der Waals surface area contributed by atoms with Gasteiger partial charge in [0.2, 0.25) is 0 Å². The van der Waals surface area contributed by atoms with Crippen LogP contribution >= 0.6 is 23.2 Å². The van der Waals surface area contributed by atoms with Gasteiger partial charge in [-0.3, -0.25) is 0 Å². The van der Waals surface area contributed by atoms with E-state index in [9.17, 15) is 9.18 Å². The maximum absolute atomic E-state index is 12.9. The monoisotopic (exact) mass is 298 g/mol. The second-order valence-electron chi connectivity index (χ2n) is 3.71. The quantitative estimate of drug-likeness (QED) is 0.823. The third-order valence-electron chi connectivity index (χ3n) is 2.26. The second kappa shape index (κ2) is 5.91.